The number of hydrogen-bond acceptors (Lipinski definition) is 4. The fourth-order valence-corrected chi connectivity index (χ4v) is 3.76. The summed E-state index contributed by atoms with van der Waals surface area (Å²) in [5.74, 6) is 0.437. The third kappa shape index (κ3) is 2.90. The molecule has 0 radical (unpaired) electrons. The highest BCUT2D eigenvalue weighted by Crippen LogP contribution is 2.47. The van der Waals surface area contributed by atoms with Crippen LogP contribution in [0.5, 0.6) is 0 Å². The first-order chi connectivity index (χ1) is 9.90. The lowest BCUT2D eigenvalue weighted by atomic mass is 9.61. The molecule has 1 aromatic heterocycles. The second-order valence-electron chi connectivity index (χ2n) is 6.19. The van der Waals surface area contributed by atoms with Gasteiger partial charge in [-0.2, -0.15) is 0 Å². The molecule has 1 heterocycles. The molecule has 1 aromatic rings. The molecular formula is C15H23N3O2S. The Balaban J connectivity index is 2.24. The molecular weight excluding hydrogens is 286 g/mol. The average Bonchev–Trinajstić information content (AvgIpc) is 2.92. The topological polar surface area (TPSA) is 78.9 Å². The van der Waals surface area contributed by atoms with Gasteiger partial charge in [0.2, 0.25) is 5.91 Å². The van der Waals surface area contributed by atoms with Gasteiger partial charge in [-0.15, -0.1) is 11.3 Å². The van der Waals surface area contributed by atoms with Gasteiger partial charge in [0.25, 0.3) is 0 Å². The molecule has 6 heteroatoms. The summed E-state index contributed by atoms with van der Waals surface area (Å²) in [7, 11) is 0. The standard InChI is InChI=1S/C15H23N3O2S/c1-10(2)18(9-12-5-4-6-21-12)14(19)15(13(16)17-20)7-11(3)8-15/h4-6,10-11,20H,7-9H2,1-3H3,(H2,16,17). The van der Waals surface area contributed by atoms with Crippen LogP contribution in [0, 0.1) is 11.3 Å². The van der Waals surface area contributed by atoms with Crippen LogP contribution in [0.15, 0.2) is 22.7 Å². The van der Waals surface area contributed by atoms with Crippen molar-refractivity contribution in [1.82, 2.24) is 4.90 Å². The quantitative estimate of drug-likeness (QED) is 0.380. The minimum absolute atomic E-state index is 0.0284. The van der Waals surface area contributed by atoms with Gasteiger partial charge in [0.15, 0.2) is 5.84 Å². The Morgan fingerprint density at radius 2 is 2.29 bits per heavy atom. The third-order valence-electron chi connectivity index (χ3n) is 4.19. The molecule has 1 aliphatic rings. The van der Waals surface area contributed by atoms with Crippen molar-refractivity contribution in [3.8, 4) is 0 Å². The Hall–Kier alpha value is -1.56. The summed E-state index contributed by atoms with van der Waals surface area (Å²) >= 11 is 1.63. The molecule has 1 saturated carbocycles. The van der Waals surface area contributed by atoms with Gasteiger partial charge in [-0.05, 0) is 44.1 Å². The molecule has 0 aromatic carbocycles. The maximum atomic E-state index is 13.0. The van der Waals surface area contributed by atoms with Crippen molar-refractivity contribution in [2.45, 2.75) is 46.2 Å². The van der Waals surface area contributed by atoms with Crippen molar-refractivity contribution in [3.63, 3.8) is 0 Å². The average molecular weight is 309 g/mol. The summed E-state index contributed by atoms with van der Waals surface area (Å²) in [5.41, 5.74) is 5.02. The van der Waals surface area contributed by atoms with Gasteiger partial charge in [0, 0.05) is 10.9 Å². The van der Waals surface area contributed by atoms with Crippen LogP contribution in [0.3, 0.4) is 0 Å². The summed E-state index contributed by atoms with van der Waals surface area (Å²) in [6.45, 7) is 6.64. The lowest BCUT2D eigenvalue weighted by molar-refractivity contribution is -0.147. The second kappa shape index (κ2) is 6.05. The highest BCUT2D eigenvalue weighted by Gasteiger charge is 2.54. The predicted octanol–water partition coefficient (Wildman–Crippen LogP) is 2.65. The van der Waals surface area contributed by atoms with Crippen LogP contribution in [0.4, 0.5) is 0 Å². The number of amides is 1. The smallest absolute Gasteiger partial charge is 0.237 e. The number of thiophene rings is 1. The molecule has 0 atom stereocenters. The molecule has 21 heavy (non-hydrogen) atoms. The molecule has 0 aliphatic heterocycles. The zero-order chi connectivity index (χ0) is 15.6. The van der Waals surface area contributed by atoms with Crippen LogP contribution in [0.2, 0.25) is 0 Å². The Kier molecular flexibility index (Phi) is 4.56. The Morgan fingerprint density at radius 3 is 2.71 bits per heavy atom. The normalized spacial score (nSPS) is 25.7. The van der Waals surface area contributed by atoms with Gasteiger partial charge in [-0.25, -0.2) is 0 Å². The first-order valence-corrected chi connectivity index (χ1v) is 8.10. The zero-order valence-corrected chi connectivity index (χ0v) is 13.6. The number of hydrogen-bond donors (Lipinski definition) is 2. The number of carbonyl (C=O) groups excluding carboxylic acids is 1. The summed E-state index contributed by atoms with van der Waals surface area (Å²) < 4.78 is 0. The first-order valence-electron chi connectivity index (χ1n) is 7.22. The Morgan fingerprint density at radius 1 is 1.62 bits per heavy atom. The van der Waals surface area contributed by atoms with Gasteiger partial charge >= 0.3 is 0 Å². The van der Waals surface area contributed by atoms with Gasteiger partial charge in [-0.1, -0.05) is 18.1 Å². The summed E-state index contributed by atoms with van der Waals surface area (Å²) in [6, 6.07) is 4.07. The summed E-state index contributed by atoms with van der Waals surface area (Å²) in [4.78, 5) is 16.0. The van der Waals surface area contributed by atoms with E-state index >= 15 is 0 Å². The van der Waals surface area contributed by atoms with E-state index < -0.39 is 5.41 Å². The number of nitrogens with zero attached hydrogens (tertiary/aromatic N) is 2. The molecule has 0 spiro atoms. The van der Waals surface area contributed by atoms with E-state index in [1.807, 2.05) is 36.3 Å². The molecule has 3 N–H and O–H groups in total. The lowest BCUT2D eigenvalue weighted by Gasteiger charge is -2.47. The Labute approximate surface area is 129 Å². The Bertz CT molecular complexity index is 519. The van der Waals surface area contributed by atoms with Crippen LogP contribution >= 0.6 is 11.3 Å². The number of amidine groups is 1. The molecule has 0 unspecified atom stereocenters. The van der Waals surface area contributed by atoms with E-state index in [-0.39, 0.29) is 17.8 Å². The molecule has 1 amide bonds. The number of carbonyl (C=O) groups is 1. The highest BCUT2D eigenvalue weighted by atomic mass is 32.1. The maximum absolute atomic E-state index is 13.0. The van der Waals surface area contributed by atoms with Gasteiger partial charge in [-0.3, -0.25) is 4.79 Å². The van der Waals surface area contributed by atoms with Crippen molar-refractivity contribution in [2.75, 3.05) is 0 Å². The maximum Gasteiger partial charge on any atom is 0.237 e. The predicted molar refractivity (Wildman–Crippen MR) is 84.2 cm³/mol. The van der Waals surface area contributed by atoms with Gasteiger partial charge in [0.05, 0.1) is 6.54 Å². The molecule has 2 rings (SSSR count). The van der Waals surface area contributed by atoms with Gasteiger partial charge < -0.3 is 15.8 Å². The van der Waals surface area contributed by atoms with Crippen molar-refractivity contribution in [2.24, 2.45) is 22.2 Å². The third-order valence-corrected chi connectivity index (χ3v) is 5.05. The van der Waals surface area contributed by atoms with Crippen molar-refractivity contribution < 1.29 is 10.0 Å². The monoisotopic (exact) mass is 309 g/mol. The van der Waals surface area contributed by atoms with E-state index in [4.69, 9.17) is 10.9 Å². The molecule has 0 saturated heterocycles. The fraction of sp³-hybridized carbons (Fsp3) is 0.600. The minimum atomic E-state index is -0.824. The number of rotatable bonds is 5. The van der Waals surface area contributed by atoms with E-state index in [9.17, 15) is 4.79 Å². The van der Waals surface area contributed by atoms with Crippen LogP contribution in [-0.4, -0.2) is 27.9 Å². The summed E-state index contributed by atoms with van der Waals surface area (Å²) in [6.07, 6.45) is 1.30. The van der Waals surface area contributed by atoms with Crippen molar-refractivity contribution >= 4 is 23.1 Å². The number of nitrogens with two attached hydrogens (primary N) is 1. The van der Waals surface area contributed by atoms with Crippen molar-refractivity contribution in [1.29, 1.82) is 0 Å². The van der Waals surface area contributed by atoms with Gasteiger partial charge in [0.1, 0.15) is 5.41 Å². The molecule has 116 valence electrons. The number of oxime groups is 1. The van der Waals surface area contributed by atoms with Crippen LogP contribution in [0.1, 0.15) is 38.5 Å². The molecule has 0 bridgehead atoms. The fourth-order valence-electron chi connectivity index (χ4n) is 3.05. The van der Waals surface area contributed by atoms with Crippen LogP contribution in [0.25, 0.3) is 0 Å². The molecule has 1 fully saturated rings. The first kappa shape index (κ1) is 15.8. The minimum Gasteiger partial charge on any atom is -0.409 e. The van der Waals surface area contributed by atoms with E-state index in [0.29, 0.717) is 25.3 Å². The molecule has 5 nitrogen and oxygen atoms in total. The van der Waals surface area contributed by atoms with Crippen LogP contribution in [-0.2, 0) is 11.3 Å². The van der Waals surface area contributed by atoms with Crippen LogP contribution < -0.4 is 5.73 Å². The highest BCUT2D eigenvalue weighted by molar-refractivity contribution is 7.09. The van der Waals surface area contributed by atoms with E-state index in [1.165, 1.54) is 0 Å². The lowest BCUT2D eigenvalue weighted by Crippen LogP contribution is -2.58. The zero-order valence-electron chi connectivity index (χ0n) is 12.7. The summed E-state index contributed by atoms with van der Waals surface area (Å²) in [5, 5.41) is 14.2. The van der Waals surface area contributed by atoms with E-state index in [1.54, 1.807) is 11.3 Å². The van der Waals surface area contributed by atoms with E-state index in [2.05, 4.69) is 12.1 Å². The molecule has 1 aliphatic carbocycles. The largest absolute Gasteiger partial charge is 0.409 e. The second-order valence-corrected chi connectivity index (χ2v) is 7.22. The van der Waals surface area contributed by atoms with Crippen molar-refractivity contribution in [3.05, 3.63) is 22.4 Å². The SMILES string of the molecule is CC1CC(C(=O)N(Cc2cccs2)C(C)C)(/C(N)=N/O)C1. The van der Waals surface area contributed by atoms with E-state index in [0.717, 1.165) is 4.88 Å².